The van der Waals surface area contributed by atoms with Gasteiger partial charge in [-0.25, -0.2) is 5.32 Å². The number of nitrogens with zero attached hydrogens (tertiary/aromatic N) is 2. The molecule has 0 saturated heterocycles. The monoisotopic (exact) mass is 134 g/mol. The predicted molar refractivity (Wildman–Crippen MR) is 39.1 cm³/mol. The van der Waals surface area contributed by atoms with E-state index in [1.54, 1.807) is 6.20 Å². The number of hydrogen-bond acceptors (Lipinski definition) is 4. The molecule has 2 aliphatic rings. The Morgan fingerprint density at radius 3 is 3.30 bits per heavy atom. The van der Waals surface area contributed by atoms with Gasteiger partial charge in [0.2, 0.25) is 0 Å². The van der Waals surface area contributed by atoms with Gasteiger partial charge < -0.3 is 5.73 Å². The smallest absolute Gasteiger partial charge is 0.333 e. The zero-order valence-corrected chi connectivity index (χ0v) is 5.20. The van der Waals surface area contributed by atoms with Crippen molar-refractivity contribution in [1.82, 2.24) is 10.3 Å². The highest BCUT2D eigenvalue weighted by Gasteiger charge is 2.23. The van der Waals surface area contributed by atoms with Gasteiger partial charge in [-0.1, -0.05) is 0 Å². The van der Waals surface area contributed by atoms with Crippen LogP contribution < -0.4 is 16.0 Å². The highest BCUT2D eigenvalue weighted by molar-refractivity contribution is 6.09. The van der Waals surface area contributed by atoms with Crippen LogP contribution in [-0.2, 0) is 0 Å². The van der Waals surface area contributed by atoms with Gasteiger partial charge in [-0.15, -0.1) is 0 Å². The molecule has 0 amide bonds. The fourth-order valence-electron chi connectivity index (χ4n) is 0.889. The molecule has 2 heterocycles. The maximum Gasteiger partial charge on any atom is 0.333 e. The van der Waals surface area contributed by atoms with Gasteiger partial charge in [-0.2, -0.15) is 4.99 Å². The normalized spacial score (nSPS) is 20.6. The van der Waals surface area contributed by atoms with E-state index in [-0.39, 0.29) is 0 Å². The third kappa shape index (κ3) is 0.556. The van der Waals surface area contributed by atoms with Gasteiger partial charge in [-0.05, 0) is 4.99 Å². The van der Waals surface area contributed by atoms with E-state index in [4.69, 9.17) is 5.73 Å². The van der Waals surface area contributed by atoms with Gasteiger partial charge in [0.05, 0.1) is 0 Å². The Balaban J connectivity index is 2.53. The lowest BCUT2D eigenvalue weighted by atomic mass is 10.2. The molecule has 2 rings (SSSR count). The average Bonchev–Trinajstić information content (AvgIpc) is 2.36. The summed E-state index contributed by atoms with van der Waals surface area (Å²) in [5, 5.41) is 2.87. The van der Waals surface area contributed by atoms with E-state index in [2.05, 4.69) is 15.3 Å². The Labute approximate surface area is 57.9 Å². The van der Waals surface area contributed by atoms with Gasteiger partial charge in [-0.3, -0.25) is 0 Å². The van der Waals surface area contributed by atoms with Crippen LogP contribution in [0.3, 0.4) is 0 Å². The molecule has 0 aromatic carbocycles. The quantitative estimate of drug-likeness (QED) is 0.448. The van der Waals surface area contributed by atoms with E-state index in [1.807, 2.05) is 6.08 Å². The van der Waals surface area contributed by atoms with Crippen molar-refractivity contribution in [3.63, 3.8) is 0 Å². The maximum absolute atomic E-state index is 5.53. The summed E-state index contributed by atoms with van der Waals surface area (Å²) in [6, 6.07) is 0. The maximum atomic E-state index is 5.53. The van der Waals surface area contributed by atoms with Gasteiger partial charge >= 0.3 is 5.84 Å². The molecule has 0 aromatic heterocycles. The summed E-state index contributed by atoms with van der Waals surface area (Å²) in [4.78, 5) is 7.87. The van der Waals surface area contributed by atoms with Crippen molar-refractivity contribution in [3.8, 4) is 0 Å². The number of amidine groups is 1. The first-order chi connectivity index (χ1) is 4.88. The zero-order chi connectivity index (χ0) is 6.97. The summed E-state index contributed by atoms with van der Waals surface area (Å²) in [5.74, 6) is 1.30. The minimum Gasteiger partial charge on any atom is -0.383 e. The number of fused-ring (bicyclic) bond motifs is 1. The Morgan fingerprint density at radius 1 is 1.60 bits per heavy atom. The molecule has 0 aliphatic carbocycles. The van der Waals surface area contributed by atoms with Crippen LogP contribution in [0.5, 0.6) is 0 Å². The van der Waals surface area contributed by atoms with Crippen LogP contribution in [0.4, 0.5) is 0 Å². The number of aliphatic imine (C=N–C) groups is 2. The van der Waals surface area contributed by atoms with Crippen molar-refractivity contribution < 1.29 is 0 Å². The molecule has 0 fully saturated rings. The van der Waals surface area contributed by atoms with Crippen molar-refractivity contribution in [2.75, 3.05) is 0 Å². The standard InChI is InChI=1S/C6H6N4/c7-5-4-1-2-8-6(4)10-3-9-5/h1-3H,7H2,(H,9,10)/q+1. The Bertz CT molecular complexity index is 282. The second kappa shape index (κ2) is 1.70. The molecule has 49 valence electrons. The molecule has 3 N–H and O–H groups in total. The minimum absolute atomic E-state index is 0.520. The van der Waals surface area contributed by atoms with Gasteiger partial charge in [0.1, 0.15) is 17.6 Å². The molecular formula is C6H6N4+. The molecule has 2 aliphatic heterocycles. The van der Waals surface area contributed by atoms with E-state index in [0.29, 0.717) is 5.82 Å². The number of nitrogens with one attached hydrogen (secondary N) is 1. The van der Waals surface area contributed by atoms with E-state index in [0.717, 1.165) is 11.4 Å². The Hall–Kier alpha value is -1.58. The van der Waals surface area contributed by atoms with Crippen molar-refractivity contribution in [2.45, 2.75) is 0 Å². The second-order valence-electron chi connectivity index (χ2n) is 1.99. The largest absolute Gasteiger partial charge is 0.383 e. The van der Waals surface area contributed by atoms with Crippen LogP contribution in [-0.4, -0.2) is 12.2 Å². The van der Waals surface area contributed by atoms with Crippen LogP contribution in [0.2, 0.25) is 0 Å². The van der Waals surface area contributed by atoms with Crippen LogP contribution in [0.25, 0.3) is 0 Å². The molecule has 10 heavy (non-hydrogen) atoms. The molecule has 0 bridgehead atoms. The minimum atomic E-state index is 0.520. The van der Waals surface area contributed by atoms with Crippen molar-refractivity contribution in [3.05, 3.63) is 23.7 Å². The topological polar surface area (TPSA) is 64.5 Å². The molecule has 1 radical (unpaired) electrons. The summed E-state index contributed by atoms with van der Waals surface area (Å²) in [5.41, 5.74) is 6.41. The van der Waals surface area contributed by atoms with E-state index in [9.17, 15) is 0 Å². The highest BCUT2D eigenvalue weighted by Crippen LogP contribution is 2.08. The first kappa shape index (κ1) is 5.22. The second-order valence-corrected chi connectivity index (χ2v) is 1.99. The Kier molecular flexibility index (Phi) is 0.887. The van der Waals surface area contributed by atoms with Gasteiger partial charge in [0, 0.05) is 6.08 Å². The van der Waals surface area contributed by atoms with E-state index in [1.165, 1.54) is 6.34 Å². The molecule has 0 unspecified atom stereocenters. The van der Waals surface area contributed by atoms with Crippen LogP contribution in [0, 0.1) is 0 Å². The van der Waals surface area contributed by atoms with Gasteiger partial charge in [0.25, 0.3) is 0 Å². The summed E-state index contributed by atoms with van der Waals surface area (Å²) in [6.45, 7) is 0. The van der Waals surface area contributed by atoms with Crippen LogP contribution >= 0.6 is 0 Å². The lowest BCUT2D eigenvalue weighted by Crippen LogP contribution is -2.29. The van der Waals surface area contributed by atoms with Crippen molar-refractivity contribution in [2.24, 2.45) is 10.7 Å². The van der Waals surface area contributed by atoms with Crippen molar-refractivity contribution >= 4 is 12.2 Å². The highest BCUT2D eigenvalue weighted by atomic mass is 15.1. The first-order valence-electron chi connectivity index (χ1n) is 2.91. The molecule has 4 nitrogen and oxygen atoms in total. The van der Waals surface area contributed by atoms with Crippen molar-refractivity contribution in [1.29, 1.82) is 0 Å². The fourth-order valence-corrected chi connectivity index (χ4v) is 0.889. The first-order valence-corrected chi connectivity index (χ1v) is 2.91. The predicted octanol–water partition coefficient (Wildman–Crippen LogP) is -0.950. The lowest BCUT2D eigenvalue weighted by Gasteiger charge is -2.00. The summed E-state index contributed by atoms with van der Waals surface area (Å²) in [6.07, 6.45) is 5.05. The fraction of sp³-hybridized carbons (Fsp3) is 0. The number of rotatable bonds is 0. The van der Waals surface area contributed by atoms with Crippen LogP contribution in [0.15, 0.2) is 28.7 Å². The SMILES string of the molecule is NC1=C2C=C[N+]=C2NC=N1. The summed E-state index contributed by atoms with van der Waals surface area (Å²) >= 11 is 0. The Morgan fingerprint density at radius 2 is 2.50 bits per heavy atom. The molecule has 0 atom stereocenters. The van der Waals surface area contributed by atoms with E-state index < -0.39 is 0 Å². The van der Waals surface area contributed by atoms with Crippen LogP contribution in [0.1, 0.15) is 0 Å². The summed E-state index contributed by atoms with van der Waals surface area (Å²) < 4.78 is 0. The molecule has 0 spiro atoms. The lowest BCUT2D eigenvalue weighted by molar-refractivity contribution is 1.16. The van der Waals surface area contributed by atoms with E-state index >= 15 is 0 Å². The summed E-state index contributed by atoms with van der Waals surface area (Å²) in [7, 11) is 0. The molecular weight excluding hydrogens is 128 g/mol. The zero-order valence-electron chi connectivity index (χ0n) is 5.20. The number of hydrogen-bond donors (Lipinski definition) is 2. The molecule has 0 aromatic rings. The number of nitrogens with two attached hydrogens (primary N) is 1. The third-order valence-corrected chi connectivity index (χ3v) is 1.38. The third-order valence-electron chi connectivity index (χ3n) is 1.38. The molecule has 4 heteroatoms. The molecule has 0 saturated carbocycles. The van der Waals surface area contributed by atoms with Gasteiger partial charge in [0.15, 0.2) is 6.34 Å². The average molecular weight is 134 g/mol.